The van der Waals surface area contributed by atoms with E-state index >= 15 is 0 Å². The number of benzene rings is 1. The van der Waals surface area contributed by atoms with Crippen LogP contribution in [0.25, 0.3) is 0 Å². The molecule has 0 aromatic heterocycles. The molecular formula is C11H13N3. The number of nitriles is 1. The van der Waals surface area contributed by atoms with Crippen molar-refractivity contribution in [3.63, 3.8) is 0 Å². The normalized spacial score (nSPS) is 15.1. The van der Waals surface area contributed by atoms with Crippen molar-refractivity contribution in [3.8, 4) is 6.07 Å². The van der Waals surface area contributed by atoms with Crippen LogP contribution in [0.3, 0.4) is 0 Å². The summed E-state index contributed by atoms with van der Waals surface area (Å²) in [4.78, 5) is 0. The lowest BCUT2D eigenvalue weighted by Gasteiger charge is -2.06. The zero-order chi connectivity index (χ0) is 9.97. The van der Waals surface area contributed by atoms with Crippen LogP contribution in [-0.2, 0) is 6.54 Å². The number of hydrogen-bond donors (Lipinski definition) is 2. The highest BCUT2D eigenvalue weighted by atomic mass is 14.9. The average Bonchev–Trinajstić information content (AvgIpc) is 2.99. The molecule has 3 nitrogen and oxygen atoms in total. The van der Waals surface area contributed by atoms with Gasteiger partial charge in [-0.25, -0.2) is 0 Å². The summed E-state index contributed by atoms with van der Waals surface area (Å²) in [5, 5.41) is 12.0. The molecule has 0 saturated heterocycles. The van der Waals surface area contributed by atoms with E-state index in [1.54, 1.807) is 12.1 Å². The van der Waals surface area contributed by atoms with Gasteiger partial charge in [0.25, 0.3) is 0 Å². The molecule has 1 aromatic rings. The highest BCUT2D eigenvalue weighted by molar-refractivity contribution is 5.52. The van der Waals surface area contributed by atoms with Gasteiger partial charge in [-0.15, -0.1) is 0 Å². The van der Waals surface area contributed by atoms with Crippen molar-refractivity contribution in [1.82, 2.24) is 5.32 Å². The predicted molar refractivity (Wildman–Crippen MR) is 55.4 cm³/mol. The van der Waals surface area contributed by atoms with E-state index in [4.69, 9.17) is 11.0 Å². The van der Waals surface area contributed by atoms with Crippen molar-refractivity contribution in [2.45, 2.75) is 25.4 Å². The second-order valence-electron chi connectivity index (χ2n) is 3.68. The first-order valence-corrected chi connectivity index (χ1v) is 4.81. The maximum absolute atomic E-state index is 8.66. The SMILES string of the molecule is N#Cc1ccc(CNC2CC2)c(N)c1. The molecule has 3 heteroatoms. The molecular weight excluding hydrogens is 174 g/mol. The van der Waals surface area contributed by atoms with E-state index in [1.807, 2.05) is 6.07 Å². The van der Waals surface area contributed by atoms with E-state index in [2.05, 4.69) is 11.4 Å². The number of nitrogen functional groups attached to an aromatic ring is 1. The van der Waals surface area contributed by atoms with Crippen LogP contribution in [0.5, 0.6) is 0 Å². The van der Waals surface area contributed by atoms with E-state index in [9.17, 15) is 0 Å². The van der Waals surface area contributed by atoms with Gasteiger partial charge in [0.1, 0.15) is 0 Å². The summed E-state index contributed by atoms with van der Waals surface area (Å²) >= 11 is 0. The topological polar surface area (TPSA) is 61.8 Å². The van der Waals surface area contributed by atoms with Crippen molar-refractivity contribution in [1.29, 1.82) is 5.26 Å². The highest BCUT2D eigenvalue weighted by Gasteiger charge is 2.20. The van der Waals surface area contributed by atoms with Crippen LogP contribution in [0.2, 0.25) is 0 Å². The third kappa shape index (κ3) is 2.04. The van der Waals surface area contributed by atoms with E-state index in [0.717, 1.165) is 12.1 Å². The maximum Gasteiger partial charge on any atom is 0.0992 e. The first kappa shape index (κ1) is 9.04. The Balaban J connectivity index is 2.05. The van der Waals surface area contributed by atoms with Crippen LogP contribution in [0.15, 0.2) is 18.2 Å². The van der Waals surface area contributed by atoms with Gasteiger partial charge in [-0.2, -0.15) is 5.26 Å². The molecule has 0 atom stereocenters. The first-order valence-electron chi connectivity index (χ1n) is 4.81. The minimum atomic E-state index is 0.623. The Morgan fingerprint density at radius 2 is 2.29 bits per heavy atom. The summed E-state index contributed by atoms with van der Waals surface area (Å²) in [5.74, 6) is 0. The third-order valence-electron chi connectivity index (χ3n) is 2.43. The zero-order valence-electron chi connectivity index (χ0n) is 7.96. The number of anilines is 1. The lowest BCUT2D eigenvalue weighted by atomic mass is 10.1. The molecule has 1 aliphatic rings. The molecule has 0 spiro atoms. The summed E-state index contributed by atoms with van der Waals surface area (Å²) in [7, 11) is 0. The average molecular weight is 187 g/mol. The molecule has 1 saturated carbocycles. The van der Waals surface area contributed by atoms with Crippen LogP contribution in [-0.4, -0.2) is 6.04 Å². The fraction of sp³-hybridized carbons (Fsp3) is 0.364. The van der Waals surface area contributed by atoms with E-state index < -0.39 is 0 Å². The molecule has 2 rings (SSSR count). The quantitative estimate of drug-likeness (QED) is 0.703. The maximum atomic E-state index is 8.66. The standard InChI is InChI=1S/C11H13N3/c12-6-8-1-2-9(11(13)5-8)7-14-10-3-4-10/h1-2,5,10,14H,3-4,7,13H2. The Hall–Kier alpha value is -1.53. The van der Waals surface area contributed by atoms with E-state index in [0.29, 0.717) is 17.3 Å². The summed E-state index contributed by atoms with van der Waals surface area (Å²) in [6.07, 6.45) is 2.55. The predicted octanol–water partition coefficient (Wildman–Crippen LogP) is 1.39. The minimum Gasteiger partial charge on any atom is -0.398 e. The number of nitrogens with two attached hydrogens (primary N) is 1. The molecule has 72 valence electrons. The molecule has 14 heavy (non-hydrogen) atoms. The second-order valence-corrected chi connectivity index (χ2v) is 3.68. The van der Waals surface area contributed by atoms with Gasteiger partial charge >= 0.3 is 0 Å². The molecule has 0 amide bonds. The molecule has 0 heterocycles. The van der Waals surface area contributed by atoms with Crippen molar-refractivity contribution >= 4 is 5.69 Å². The summed E-state index contributed by atoms with van der Waals surface area (Å²) in [5.41, 5.74) is 8.22. The zero-order valence-corrected chi connectivity index (χ0v) is 7.96. The van der Waals surface area contributed by atoms with Crippen LogP contribution < -0.4 is 11.1 Å². The fourth-order valence-electron chi connectivity index (χ4n) is 1.37. The number of nitrogens with zero attached hydrogens (tertiary/aromatic N) is 1. The molecule has 1 fully saturated rings. The monoisotopic (exact) mass is 187 g/mol. The molecule has 0 unspecified atom stereocenters. The molecule has 1 aliphatic carbocycles. The van der Waals surface area contributed by atoms with E-state index in [1.165, 1.54) is 12.8 Å². The Bertz CT molecular complexity index is 375. The Morgan fingerprint density at radius 1 is 1.50 bits per heavy atom. The van der Waals surface area contributed by atoms with Gasteiger partial charge < -0.3 is 11.1 Å². The summed E-state index contributed by atoms with van der Waals surface area (Å²) < 4.78 is 0. The smallest absolute Gasteiger partial charge is 0.0992 e. The van der Waals surface area contributed by atoms with Crippen LogP contribution >= 0.6 is 0 Å². The summed E-state index contributed by atoms with van der Waals surface area (Å²) in [6.45, 7) is 0.808. The lowest BCUT2D eigenvalue weighted by molar-refractivity contribution is 0.689. The Labute approximate surface area is 83.5 Å². The molecule has 0 bridgehead atoms. The molecule has 0 aliphatic heterocycles. The Morgan fingerprint density at radius 3 is 2.86 bits per heavy atom. The van der Waals surface area contributed by atoms with Crippen LogP contribution in [0.1, 0.15) is 24.0 Å². The van der Waals surface area contributed by atoms with Crippen LogP contribution in [0.4, 0.5) is 5.69 Å². The first-order chi connectivity index (χ1) is 6.79. The molecule has 1 aromatic carbocycles. The molecule has 0 radical (unpaired) electrons. The van der Waals surface area contributed by atoms with Gasteiger partial charge in [0.05, 0.1) is 11.6 Å². The number of rotatable bonds is 3. The summed E-state index contributed by atoms with van der Waals surface area (Å²) in [6, 6.07) is 8.21. The highest BCUT2D eigenvalue weighted by Crippen LogP contribution is 2.20. The van der Waals surface area contributed by atoms with Crippen molar-refractivity contribution in [2.24, 2.45) is 0 Å². The van der Waals surface area contributed by atoms with Crippen molar-refractivity contribution in [2.75, 3.05) is 5.73 Å². The van der Waals surface area contributed by atoms with Gasteiger partial charge in [0, 0.05) is 18.3 Å². The second kappa shape index (κ2) is 3.69. The number of hydrogen-bond acceptors (Lipinski definition) is 3. The third-order valence-corrected chi connectivity index (χ3v) is 2.43. The van der Waals surface area contributed by atoms with E-state index in [-0.39, 0.29) is 0 Å². The van der Waals surface area contributed by atoms with Gasteiger partial charge in [-0.05, 0) is 30.5 Å². The number of nitrogens with one attached hydrogen (secondary N) is 1. The van der Waals surface area contributed by atoms with Crippen molar-refractivity contribution < 1.29 is 0 Å². The van der Waals surface area contributed by atoms with Gasteiger partial charge in [0.2, 0.25) is 0 Å². The fourth-order valence-corrected chi connectivity index (χ4v) is 1.37. The van der Waals surface area contributed by atoms with Gasteiger partial charge in [-0.1, -0.05) is 6.07 Å². The molecule has 3 N–H and O–H groups in total. The van der Waals surface area contributed by atoms with Crippen molar-refractivity contribution in [3.05, 3.63) is 29.3 Å². The van der Waals surface area contributed by atoms with Crippen LogP contribution in [0, 0.1) is 11.3 Å². The minimum absolute atomic E-state index is 0.623. The largest absolute Gasteiger partial charge is 0.398 e. The lowest BCUT2D eigenvalue weighted by Crippen LogP contribution is -2.16. The Kier molecular flexibility index (Phi) is 2.38. The van der Waals surface area contributed by atoms with Gasteiger partial charge in [-0.3, -0.25) is 0 Å². The van der Waals surface area contributed by atoms with Gasteiger partial charge in [0.15, 0.2) is 0 Å².